The van der Waals surface area contributed by atoms with Crippen molar-refractivity contribution in [2.75, 3.05) is 31.6 Å². The van der Waals surface area contributed by atoms with E-state index in [1.807, 2.05) is 30.3 Å². The third-order valence-electron chi connectivity index (χ3n) is 4.53. The number of amides is 2. The van der Waals surface area contributed by atoms with Crippen LogP contribution in [0.4, 0.5) is 10.5 Å². The van der Waals surface area contributed by atoms with Crippen molar-refractivity contribution in [3.8, 4) is 5.75 Å². The first-order valence-electron chi connectivity index (χ1n) is 9.28. The predicted octanol–water partition coefficient (Wildman–Crippen LogP) is 4.21. The van der Waals surface area contributed by atoms with E-state index >= 15 is 0 Å². The van der Waals surface area contributed by atoms with Gasteiger partial charge < -0.3 is 19.7 Å². The molecule has 0 bridgehead atoms. The van der Waals surface area contributed by atoms with Crippen LogP contribution in [0.15, 0.2) is 54.6 Å². The van der Waals surface area contributed by atoms with Crippen molar-refractivity contribution >= 4 is 29.3 Å². The zero-order chi connectivity index (χ0) is 19.8. The first-order chi connectivity index (χ1) is 13.6. The summed E-state index contributed by atoms with van der Waals surface area (Å²) < 4.78 is 10.8. The van der Waals surface area contributed by atoms with Crippen molar-refractivity contribution in [1.82, 2.24) is 4.90 Å². The minimum atomic E-state index is -0.238. The number of carbonyl (C=O) groups excluding carboxylic acids is 2. The number of hydrogen-bond donors (Lipinski definition) is 1. The van der Waals surface area contributed by atoms with Gasteiger partial charge in [-0.25, -0.2) is 4.79 Å². The molecule has 0 aromatic heterocycles. The summed E-state index contributed by atoms with van der Waals surface area (Å²) in [5.41, 5.74) is 0.758. The predicted molar refractivity (Wildman–Crippen MR) is 108 cm³/mol. The summed E-state index contributed by atoms with van der Waals surface area (Å²) in [6.07, 6.45) is 1.19. The van der Waals surface area contributed by atoms with Crippen molar-refractivity contribution in [3.63, 3.8) is 0 Å². The first-order valence-corrected chi connectivity index (χ1v) is 9.65. The molecule has 1 aliphatic rings. The van der Waals surface area contributed by atoms with Crippen LogP contribution in [0.3, 0.4) is 0 Å². The van der Waals surface area contributed by atoms with Crippen LogP contribution in [0, 0.1) is 5.92 Å². The lowest BCUT2D eigenvalue weighted by Crippen LogP contribution is -2.42. The Morgan fingerprint density at radius 2 is 1.79 bits per heavy atom. The first kappa shape index (κ1) is 20.0. The lowest BCUT2D eigenvalue weighted by atomic mass is 9.97. The minimum Gasteiger partial charge on any atom is -0.490 e. The molecule has 6 nitrogen and oxygen atoms in total. The van der Waals surface area contributed by atoms with Crippen molar-refractivity contribution in [1.29, 1.82) is 0 Å². The molecule has 1 fully saturated rings. The number of benzene rings is 2. The molecule has 0 saturated carbocycles. The van der Waals surface area contributed by atoms with Gasteiger partial charge in [-0.3, -0.25) is 4.79 Å². The second-order valence-corrected chi connectivity index (χ2v) is 6.97. The van der Waals surface area contributed by atoms with Gasteiger partial charge in [-0.05, 0) is 43.2 Å². The highest BCUT2D eigenvalue weighted by atomic mass is 35.5. The van der Waals surface area contributed by atoms with Gasteiger partial charge in [-0.1, -0.05) is 35.9 Å². The Morgan fingerprint density at radius 1 is 1.04 bits per heavy atom. The molecule has 1 saturated heterocycles. The summed E-state index contributed by atoms with van der Waals surface area (Å²) in [4.78, 5) is 26.2. The highest BCUT2D eigenvalue weighted by molar-refractivity contribution is 6.30. The van der Waals surface area contributed by atoms with E-state index in [-0.39, 0.29) is 31.1 Å². The topological polar surface area (TPSA) is 67.9 Å². The fourth-order valence-electron chi connectivity index (χ4n) is 3.02. The Labute approximate surface area is 169 Å². The average molecular weight is 403 g/mol. The van der Waals surface area contributed by atoms with E-state index in [9.17, 15) is 9.59 Å². The molecule has 2 aromatic carbocycles. The van der Waals surface area contributed by atoms with Crippen LogP contribution in [0.1, 0.15) is 12.8 Å². The Bertz CT molecular complexity index is 792. The molecule has 0 atom stereocenters. The van der Waals surface area contributed by atoms with Gasteiger partial charge in [0.2, 0.25) is 0 Å². The molecule has 2 aromatic rings. The minimum absolute atomic E-state index is 0.145. The third kappa shape index (κ3) is 5.89. The van der Waals surface area contributed by atoms with Gasteiger partial charge in [0.1, 0.15) is 19.0 Å². The van der Waals surface area contributed by atoms with Crippen molar-refractivity contribution in [2.24, 2.45) is 5.92 Å². The number of rotatable bonds is 6. The van der Waals surface area contributed by atoms with Crippen LogP contribution >= 0.6 is 11.6 Å². The van der Waals surface area contributed by atoms with E-state index in [2.05, 4.69) is 5.32 Å². The van der Waals surface area contributed by atoms with Gasteiger partial charge >= 0.3 is 12.0 Å². The maximum Gasteiger partial charge on any atom is 0.321 e. The normalized spacial score (nSPS) is 14.4. The molecule has 2 amide bonds. The standard InChI is InChI=1S/C21H23ClN2O4/c22-17-5-4-8-19(15-17)27-13-14-28-20(25)16-9-11-24(12-10-16)21(26)23-18-6-2-1-3-7-18/h1-8,15-16H,9-14H2,(H,23,26). The SMILES string of the molecule is O=C(OCCOc1cccc(Cl)c1)C1CCN(C(=O)Nc2ccccc2)CC1. The number of urea groups is 1. The molecule has 0 aliphatic carbocycles. The molecular formula is C21H23ClN2O4. The zero-order valence-corrected chi connectivity index (χ0v) is 16.2. The number of para-hydroxylation sites is 1. The lowest BCUT2D eigenvalue weighted by Gasteiger charge is -2.31. The van der Waals surface area contributed by atoms with Gasteiger partial charge in [0.15, 0.2) is 0 Å². The van der Waals surface area contributed by atoms with Gasteiger partial charge in [-0.2, -0.15) is 0 Å². The Kier molecular flexibility index (Phi) is 7.14. The number of halogens is 1. The number of piperidine rings is 1. The van der Waals surface area contributed by atoms with Crippen molar-refractivity contribution in [3.05, 3.63) is 59.6 Å². The summed E-state index contributed by atoms with van der Waals surface area (Å²) in [6, 6.07) is 16.2. The van der Waals surface area contributed by atoms with Crippen LogP contribution in [0.5, 0.6) is 5.75 Å². The summed E-state index contributed by atoms with van der Waals surface area (Å²) in [5.74, 6) is 0.214. The number of anilines is 1. The molecule has 1 heterocycles. The maximum absolute atomic E-state index is 12.3. The lowest BCUT2D eigenvalue weighted by molar-refractivity contribution is -0.150. The summed E-state index contributed by atoms with van der Waals surface area (Å²) in [5, 5.41) is 3.46. The fourth-order valence-corrected chi connectivity index (χ4v) is 3.20. The maximum atomic E-state index is 12.3. The van der Waals surface area contributed by atoms with Crippen LogP contribution in [0.2, 0.25) is 5.02 Å². The third-order valence-corrected chi connectivity index (χ3v) is 4.77. The summed E-state index contributed by atoms with van der Waals surface area (Å²) >= 11 is 5.89. The van der Waals surface area contributed by atoms with E-state index in [0.29, 0.717) is 36.7 Å². The zero-order valence-electron chi connectivity index (χ0n) is 15.5. The number of carbonyl (C=O) groups is 2. The largest absolute Gasteiger partial charge is 0.490 e. The number of nitrogens with zero attached hydrogens (tertiary/aromatic N) is 1. The van der Waals surface area contributed by atoms with E-state index in [1.165, 1.54) is 0 Å². The van der Waals surface area contributed by atoms with Crippen LogP contribution < -0.4 is 10.1 Å². The van der Waals surface area contributed by atoms with Gasteiger partial charge in [0, 0.05) is 23.8 Å². The Hall–Kier alpha value is -2.73. The van der Waals surface area contributed by atoms with Gasteiger partial charge in [-0.15, -0.1) is 0 Å². The van der Waals surface area contributed by atoms with Gasteiger partial charge in [0.05, 0.1) is 5.92 Å². The summed E-state index contributed by atoms with van der Waals surface area (Å²) in [7, 11) is 0. The molecule has 3 rings (SSSR count). The van der Waals surface area contributed by atoms with E-state index in [0.717, 1.165) is 5.69 Å². The number of ether oxygens (including phenoxy) is 2. The second-order valence-electron chi connectivity index (χ2n) is 6.53. The number of likely N-dealkylation sites (tertiary alicyclic amines) is 1. The molecule has 28 heavy (non-hydrogen) atoms. The van der Waals surface area contributed by atoms with Crippen LogP contribution in [0.25, 0.3) is 0 Å². The van der Waals surface area contributed by atoms with Crippen LogP contribution in [-0.2, 0) is 9.53 Å². The molecule has 1 aliphatic heterocycles. The quantitative estimate of drug-likeness (QED) is 0.580. The molecule has 1 N–H and O–H groups in total. The molecule has 0 radical (unpaired) electrons. The molecule has 7 heteroatoms. The van der Waals surface area contributed by atoms with Crippen molar-refractivity contribution in [2.45, 2.75) is 12.8 Å². The monoisotopic (exact) mass is 402 g/mol. The second kappa shape index (κ2) is 9.99. The molecule has 0 spiro atoms. The number of nitrogens with one attached hydrogen (secondary N) is 1. The molecular weight excluding hydrogens is 380 g/mol. The summed E-state index contributed by atoms with van der Waals surface area (Å²) in [6.45, 7) is 1.50. The highest BCUT2D eigenvalue weighted by Gasteiger charge is 2.28. The smallest absolute Gasteiger partial charge is 0.321 e. The Balaban J connectivity index is 1.35. The van der Waals surface area contributed by atoms with E-state index in [1.54, 1.807) is 29.2 Å². The van der Waals surface area contributed by atoms with Crippen molar-refractivity contribution < 1.29 is 19.1 Å². The fraction of sp³-hybridized carbons (Fsp3) is 0.333. The highest BCUT2D eigenvalue weighted by Crippen LogP contribution is 2.20. The van der Waals surface area contributed by atoms with E-state index < -0.39 is 0 Å². The Morgan fingerprint density at radius 3 is 2.50 bits per heavy atom. The average Bonchev–Trinajstić information content (AvgIpc) is 2.72. The molecule has 0 unspecified atom stereocenters. The van der Waals surface area contributed by atoms with E-state index in [4.69, 9.17) is 21.1 Å². The number of esters is 1. The van der Waals surface area contributed by atoms with Gasteiger partial charge in [0.25, 0.3) is 0 Å². The van der Waals surface area contributed by atoms with Crippen LogP contribution in [-0.4, -0.2) is 43.2 Å². The molecule has 148 valence electrons. The number of hydrogen-bond acceptors (Lipinski definition) is 4.